The highest BCUT2D eigenvalue weighted by Gasteiger charge is 2.16. The summed E-state index contributed by atoms with van der Waals surface area (Å²) in [7, 11) is 4.03. The maximum Gasteiger partial charge on any atom is 0.234 e. The van der Waals surface area contributed by atoms with E-state index < -0.39 is 0 Å². The number of nitrogens with zero attached hydrogens (tertiary/aromatic N) is 1. The van der Waals surface area contributed by atoms with Gasteiger partial charge < -0.3 is 15.5 Å². The number of benzene rings is 2. The topological polar surface area (TPSA) is 44.4 Å². The Morgan fingerprint density at radius 3 is 2.07 bits per heavy atom. The summed E-state index contributed by atoms with van der Waals surface area (Å²) in [5, 5.41) is 6.41. The molecule has 0 fully saturated rings. The molecule has 1 amide bonds. The lowest BCUT2D eigenvalue weighted by Gasteiger charge is -2.23. The number of hydrogen-bond donors (Lipinski definition) is 2. The molecule has 0 aliphatic carbocycles. The lowest BCUT2D eigenvalue weighted by molar-refractivity contribution is -0.120. The predicted molar refractivity (Wildman–Crippen MR) is 114 cm³/mol. The Morgan fingerprint density at radius 2 is 1.56 bits per heavy atom. The number of amides is 1. The number of carbonyl (C=O) groups excluding carboxylic acids is 1. The van der Waals surface area contributed by atoms with Crippen molar-refractivity contribution in [2.24, 2.45) is 5.92 Å². The van der Waals surface area contributed by atoms with Crippen molar-refractivity contribution in [1.29, 1.82) is 0 Å². The highest BCUT2D eigenvalue weighted by atomic mass is 16.1. The third-order valence-corrected chi connectivity index (χ3v) is 4.84. The zero-order chi connectivity index (χ0) is 19.8. The summed E-state index contributed by atoms with van der Waals surface area (Å²) >= 11 is 0. The van der Waals surface area contributed by atoms with Crippen molar-refractivity contribution < 1.29 is 4.79 Å². The number of nitrogens with one attached hydrogen (secondary N) is 2. The molecule has 2 aromatic rings. The van der Waals surface area contributed by atoms with E-state index in [0.717, 1.165) is 17.7 Å². The van der Waals surface area contributed by atoms with Gasteiger partial charge in [-0.2, -0.15) is 0 Å². The molecule has 2 aromatic carbocycles. The molecule has 0 unspecified atom stereocenters. The Labute approximate surface area is 164 Å². The van der Waals surface area contributed by atoms with Crippen molar-refractivity contribution in [1.82, 2.24) is 10.6 Å². The lowest BCUT2D eigenvalue weighted by Crippen LogP contribution is -2.37. The molecule has 0 bridgehead atoms. The van der Waals surface area contributed by atoms with Gasteiger partial charge in [0.15, 0.2) is 0 Å². The molecular formula is C23H33N3O. The Morgan fingerprint density at radius 1 is 0.963 bits per heavy atom. The quantitative estimate of drug-likeness (QED) is 0.706. The summed E-state index contributed by atoms with van der Waals surface area (Å²) in [6.45, 7) is 7.37. The van der Waals surface area contributed by atoms with Crippen LogP contribution in [0.3, 0.4) is 0 Å². The van der Waals surface area contributed by atoms with Gasteiger partial charge in [-0.25, -0.2) is 0 Å². The Balaban J connectivity index is 1.86. The van der Waals surface area contributed by atoms with Gasteiger partial charge >= 0.3 is 0 Å². The van der Waals surface area contributed by atoms with Crippen LogP contribution in [0, 0.1) is 5.92 Å². The third-order valence-electron chi connectivity index (χ3n) is 4.84. The second kappa shape index (κ2) is 10.1. The van der Waals surface area contributed by atoms with Crippen LogP contribution in [0.15, 0.2) is 48.5 Å². The fraction of sp³-hybridized carbons (Fsp3) is 0.435. The Kier molecular flexibility index (Phi) is 7.86. The molecule has 0 aliphatic heterocycles. The number of anilines is 1. The summed E-state index contributed by atoms with van der Waals surface area (Å²) in [5.74, 6) is 0.423. The van der Waals surface area contributed by atoms with E-state index in [4.69, 9.17) is 0 Å². The standard InChI is InChI=1S/C23H33N3O/c1-6-18-7-11-20(12-8-18)23(17(2)3)25-16-22(27)24-15-19-9-13-21(14-10-19)26(4)5/h7-14,17,23,25H,6,15-16H2,1-5H3,(H,24,27)/t23-/m0/s1. The van der Waals surface area contributed by atoms with Crippen LogP contribution in [-0.4, -0.2) is 26.5 Å². The molecule has 0 saturated carbocycles. The first-order valence-corrected chi connectivity index (χ1v) is 9.76. The maximum absolute atomic E-state index is 12.3. The SMILES string of the molecule is CCc1ccc([C@@H](NCC(=O)NCc2ccc(N(C)C)cc2)C(C)C)cc1. The van der Waals surface area contributed by atoms with Gasteiger partial charge in [-0.15, -0.1) is 0 Å². The second-order valence-corrected chi connectivity index (χ2v) is 7.54. The third kappa shape index (κ3) is 6.40. The van der Waals surface area contributed by atoms with Gasteiger partial charge in [-0.3, -0.25) is 4.79 Å². The molecule has 1 atom stereocenters. The van der Waals surface area contributed by atoms with Crippen LogP contribution < -0.4 is 15.5 Å². The molecule has 0 saturated heterocycles. The number of hydrogen-bond acceptors (Lipinski definition) is 3. The molecule has 0 aromatic heterocycles. The van der Waals surface area contributed by atoms with E-state index in [9.17, 15) is 4.79 Å². The summed E-state index contributed by atoms with van der Waals surface area (Å²) in [4.78, 5) is 14.3. The first-order chi connectivity index (χ1) is 12.9. The van der Waals surface area contributed by atoms with Crippen LogP contribution in [0.25, 0.3) is 0 Å². The van der Waals surface area contributed by atoms with E-state index in [0.29, 0.717) is 19.0 Å². The zero-order valence-corrected chi connectivity index (χ0v) is 17.3. The molecule has 27 heavy (non-hydrogen) atoms. The van der Waals surface area contributed by atoms with Crippen LogP contribution in [0.2, 0.25) is 0 Å². The highest BCUT2D eigenvalue weighted by Crippen LogP contribution is 2.22. The molecule has 0 heterocycles. The minimum Gasteiger partial charge on any atom is -0.378 e. The van der Waals surface area contributed by atoms with Crippen molar-refractivity contribution in [2.45, 2.75) is 39.8 Å². The van der Waals surface area contributed by atoms with E-state index in [1.54, 1.807) is 0 Å². The summed E-state index contributed by atoms with van der Waals surface area (Å²) in [5.41, 5.74) is 4.82. The molecule has 0 spiro atoms. The summed E-state index contributed by atoms with van der Waals surface area (Å²) in [6.07, 6.45) is 1.04. The second-order valence-electron chi connectivity index (χ2n) is 7.54. The van der Waals surface area contributed by atoms with E-state index in [1.807, 2.05) is 14.1 Å². The fourth-order valence-electron chi connectivity index (χ4n) is 3.08. The van der Waals surface area contributed by atoms with Crippen molar-refractivity contribution in [3.8, 4) is 0 Å². The summed E-state index contributed by atoms with van der Waals surface area (Å²) in [6, 6.07) is 17.1. The van der Waals surface area contributed by atoms with Crippen LogP contribution >= 0.6 is 0 Å². The van der Waals surface area contributed by atoms with Gasteiger partial charge in [-0.05, 0) is 41.2 Å². The number of carbonyl (C=O) groups is 1. The van der Waals surface area contributed by atoms with Crippen molar-refractivity contribution >= 4 is 11.6 Å². The number of rotatable bonds is 9. The smallest absolute Gasteiger partial charge is 0.234 e. The van der Waals surface area contributed by atoms with E-state index >= 15 is 0 Å². The van der Waals surface area contributed by atoms with Gasteiger partial charge in [0, 0.05) is 32.4 Å². The van der Waals surface area contributed by atoms with E-state index in [1.165, 1.54) is 11.1 Å². The molecule has 0 aliphatic rings. The largest absolute Gasteiger partial charge is 0.378 e. The highest BCUT2D eigenvalue weighted by molar-refractivity contribution is 5.78. The Bertz CT molecular complexity index is 705. The predicted octanol–water partition coefficient (Wildman–Crippen LogP) is 3.92. The first kappa shape index (κ1) is 21.0. The minimum absolute atomic E-state index is 0.0162. The maximum atomic E-state index is 12.3. The minimum atomic E-state index is 0.0162. The van der Waals surface area contributed by atoms with E-state index in [-0.39, 0.29) is 11.9 Å². The van der Waals surface area contributed by atoms with Gasteiger partial charge in [-0.1, -0.05) is 57.2 Å². The van der Waals surface area contributed by atoms with E-state index in [2.05, 4.69) is 84.8 Å². The fourth-order valence-corrected chi connectivity index (χ4v) is 3.08. The molecule has 4 nitrogen and oxygen atoms in total. The van der Waals surface area contributed by atoms with Crippen molar-refractivity contribution in [3.05, 3.63) is 65.2 Å². The first-order valence-electron chi connectivity index (χ1n) is 9.76. The average Bonchev–Trinajstić information content (AvgIpc) is 2.67. The molecule has 4 heteroatoms. The zero-order valence-electron chi connectivity index (χ0n) is 17.3. The van der Waals surface area contributed by atoms with Gasteiger partial charge in [0.2, 0.25) is 5.91 Å². The van der Waals surface area contributed by atoms with Crippen LogP contribution in [0.5, 0.6) is 0 Å². The van der Waals surface area contributed by atoms with Gasteiger partial charge in [0.05, 0.1) is 6.54 Å². The van der Waals surface area contributed by atoms with Crippen molar-refractivity contribution in [3.63, 3.8) is 0 Å². The van der Waals surface area contributed by atoms with Gasteiger partial charge in [0.25, 0.3) is 0 Å². The lowest BCUT2D eigenvalue weighted by atomic mass is 9.95. The Hall–Kier alpha value is -2.33. The van der Waals surface area contributed by atoms with Crippen LogP contribution in [0.4, 0.5) is 5.69 Å². The van der Waals surface area contributed by atoms with Crippen LogP contribution in [0.1, 0.15) is 43.5 Å². The molecule has 2 N–H and O–H groups in total. The average molecular weight is 368 g/mol. The molecular weight excluding hydrogens is 334 g/mol. The molecule has 146 valence electrons. The van der Waals surface area contributed by atoms with Crippen LogP contribution in [-0.2, 0) is 17.8 Å². The summed E-state index contributed by atoms with van der Waals surface area (Å²) < 4.78 is 0. The molecule has 2 rings (SSSR count). The van der Waals surface area contributed by atoms with Gasteiger partial charge in [0.1, 0.15) is 0 Å². The molecule has 0 radical (unpaired) electrons. The monoisotopic (exact) mass is 367 g/mol. The number of aryl methyl sites for hydroxylation is 1. The van der Waals surface area contributed by atoms with Crippen molar-refractivity contribution in [2.75, 3.05) is 25.5 Å². The normalized spacial score (nSPS) is 12.1.